The SMILES string of the molecule is CC(C)(COc1cc(CCOc2ccc(-c3ccn[nH]3)nc2)ccn1)C(=O)O. The quantitative estimate of drug-likeness (QED) is 0.585. The van der Waals surface area contributed by atoms with Crippen molar-refractivity contribution in [3.05, 3.63) is 54.5 Å². The molecule has 0 unspecified atom stereocenters. The fourth-order valence-electron chi connectivity index (χ4n) is 2.31. The number of pyridine rings is 2. The number of aromatic nitrogens is 4. The van der Waals surface area contributed by atoms with Crippen LogP contribution in [0.5, 0.6) is 11.6 Å². The molecule has 0 aromatic carbocycles. The summed E-state index contributed by atoms with van der Waals surface area (Å²) in [5, 5.41) is 15.9. The molecule has 8 heteroatoms. The minimum atomic E-state index is -0.976. The van der Waals surface area contributed by atoms with Gasteiger partial charge < -0.3 is 14.6 Å². The average molecular weight is 382 g/mol. The normalized spacial score (nSPS) is 11.2. The van der Waals surface area contributed by atoms with E-state index in [4.69, 9.17) is 14.6 Å². The van der Waals surface area contributed by atoms with E-state index in [9.17, 15) is 4.79 Å². The van der Waals surface area contributed by atoms with Crippen molar-refractivity contribution >= 4 is 5.97 Å². The number of carboxylic acid groups (broad SMARTS) is 1. The summed E-state index contributed by atoms with van der Waals surface area (Å²) >= 11 is 0. The van der Waals surface area contributed by atoms with Gasteiger partial charge in [-0.2, -0.15) is 5.10 Å². The number of H-pyrrole nitrogens is 1. The van der Waals surface area contributed by atoms with Crippen molar-refractivity contribution in [3.63, 3.8) is 0 Å². The van der Waals surface area contributed by atoms with E-state index in [1.165, 1.54) is 0 Å². The molecule has 3 heterocycles. The van der Waals surface area contributed by atoms with Crippen molar-refractivity contribution in [1.82, 2.24) is 20.2 Å². The molecule has 0 saturated carbocycles. The van der Waals surface area contributed by atoms with E-state index in [0.29, 0.717) is 24.7 Å². The van der Waals surface area contributed by atoms with Gasteiger partial charge in [0, 0.05) is 24.9 Å². The zero-order chi connectivity index (χ0) is 20.0. The highest BCUT2D eigenvalue weighted by Gasteiger charge is 2.28. The molecule has 0 aliphatic heterocycles. The van der Waals surface area contributed by atoms with Gasteiger partial charge in [0.2, 0.25) is 5.88 Å². The molecule has 0 bridgehead atoms. The van der Waals surface area contributed by atoms with Crippen LogP contribution in [0.3, 0.4) is 0 Å². The van der Waals surface area contributed by atoms with Crippen LogP contribution in [0.4, 0.5) is 0 Å². The molecule has 28 heavy (non-hydrogen) atoms. The van der Waals surface area contributed by atoms with Crippen molar-refractivity contribution in [2.24, 2.45) is 5.41 Å². The van der Waals surface area contributed by atoms with Crippen LogP contribution in [0, 0.1) is 5.41 Å². The fraction of sp³-hybridized carbons (Fsp3) is 0.300. The second kappa shape index (κ2) is 8.51. The molecule has 0 amide bonds. The van der Waals surface area contributed by atoms with E-state index in [1.807, 2.05) is 24.3 Å². The van der Waals surface area contributed by atoms with Crippen LogP contribution in [-0.2, 0) is 11.2 Å². The highest BCUT2D eigenvalue weighted by molar-refractivity contribution is 5.73. The van der Waals surface area contributed by atoms with Crippen LogP contribution in [0.25, 0.3) is 11.4 Å². The van der Waals surface area contributed by atoms with Gasteiger partial charge in [0.15, 0.2) is 0 Å². The minimum absolute atomic E-state index is 0.0453. The van der Waals surface area contributed by atoms with E-state index in [-0.39, 0.29) is 6.61 Å². The number of nitrogens with zero attached hydrogens (tertiary/aromatic N) is 3. The number of hydrogen-bond acceptors (Lipinski definition) is 6. The number of rotatable bonds is 9. The molecule has 146 valence electrons. The van der Waals surface area contributed by atoms with Gasteiger partial charge in [-0.25, -0.2) is 4.98 Å². The van der Waals surface area contributed by atoms with Gasteiger partial charge in [0.05, 0.1) is 29.6 Å². The van der Waals surface area contributed by atoms with Gasteiger partial charge >= 0.3 is 5.97 Å². The maximum Gasteiger partial charge on any atom is 0.312 e. The summed E-state index contributed by atoms with van der Waals surface area (Å²) in [4.78, 5) is 19.6. The Morgan fingerprint density at radius 1 is 1.14 bits per heavy atom. The number of ether oxygens (including phenoxy) is 2. The molecule has 0 aliphatic carbocycles. The van der Waals surface area contributed by atoms with Crippen molar-refractivity contribution < 1.29 is 19.4 Å². The molecule has 2 N–H and O–H groups in total. The van der Waals surface area contributed by atoms with Crippen LogP contribution >= 0.6 is 0 Å². The smallest absolute Gasteiger partial charge is 0.312 e. The predicted molar refractivity (Wildman–Crippen MR) is 102 cm³/mol. The molecule has 0 atom stereocenters. The lowest BCUT2D eigenvalue weighted by molar-refractivity contribution is -0.148. The Labute approximate surface area is 162 Å². The molecule has 0 spiro atoms. The molecule has 0 saturated heterocycles. The number of hydrogen-bond donors (Lipinski definition) is 2. The third kappa shape index (κ3) is 5.06. The first-order valence-corrected chi connectivity index (χ1v) is 8.84. The predicted octanol–water partition coefficient (Wildman–Crippen LogP) is 2.98. The van der Waals surface area contributed by atoms with Crippen LogP contribution in [0.1, 0.15) is 19.4 Å². The number of carboxylic acids is 1. The third-order valence-electron chi connectivity index (χ3n) is 4.13. The maximum absolute atomic E-state index is 11.1. The Hall–Kier alpha value is -3.42. The summed E-state index contributed by atoms with van der Waals surface area (Å²) in [5.74, 6) is 0.165. The Morgan fingerprint density at radius 3 is 2.68 bits per heavy atom. The lowest BCUT2D eigenvalue weighted by Crippen LogP contribution is -2.30. The van der Waals surface area contributed by atoms with Crippen LogP contribution in [0.15, 0.2) is 48.9 Å². The topological polar surface area (TPSA) is 110 Å². The van der Waals surface area contributed by atoms with E-state index >= 15 is 0 Å². The number of nitrogens with one attached hydrogen (secondary N) is 1. The summed E-state index contributed by atoms with van der Waals surface area (Å²) in [6.07, 6.45) is 5.64. The second-order valence-corrected chi connectivity index (χ2v) is 6.93. The monoisotopic (exact) mass is 382 g/mol. The Bertz CT molecular complexity index is 908. The van der Waals surface area contributed by atoms with Crippen molar-refractivity contribution in [1.29, 1.82) is 0 Å². The zero-order valence-corrected chi connectivity index (χ0v) is 15.8. The van der Waals surface area contributed by atoms with Crippen molar-refractivity contribution in [3.8, 4) is 23.0 Å². The molecule has 0 aliphatic rings. The average Bonchev–Trinajstić information content (AvgIpc) is 3.22. The molecule has 3 rings (SSSR count). The molecular weight excluding hydrogens is 360 g/mol. The molecule has 0 radical (unpaired) electrons. The summed E-state index contributed by atoms with van der Waals surface area (Å²) < 4.78 is 11.3. The first-order chi connectivity index (χ1) is 13.4. The first-order valence-electron chi connectivity index (χ1n) is 8.84. The minimum Gasteiger partial charge on any atom is -0.492 e. The number of aliphatic carboxylic acids is 1. The molecule has 3 aromatic rings. The van der Waals surface area contributed by atoms with Crippen LogP contribution in [0.2, 0.25) is 0 Å². The zero-order valence-electron chi connectivity index (χ0n) is 15.8. The largest absolute Gasteiger partial charge is 0.492 e. The summed E-state index contributed by atoms with van der Waals surface area (Å²) in [5.41, 5.74) is 1.66. The van der Waals surface area contributed by atoms with Gasteiger partial charge in [-0.1, -0.05) is 0 Å². The van der Waals surface area contributed by atoms with E-state index < -0.39 is 11.4 Å². The van der Waals surface area contributed by atoms with Crippen molar-refractivity contribution in [2.45, 2.75) is 20.3 Å². The van der Waals surface area contributed by atoms with Gasteiger partial charge in [0.1, 0.15) is 12.4 Å². The van der Waals surface area contributed by atoms with Gasteiger partial charge in [-0.05, 0) is 43.7 Å². The maximum atomic E-state index is 11.1. The second-order valence-electron chi connectivity index (χ2n) is 6.93. The van der Waals surface area contributed by atoms with Crippen LogP contribution in [-0.4, -0.2) is 44.5 Å². The Balaban J connectivity index is 1.50. The summed E-state index contributed by atoms with van der Waals surface area (Å²) in [6, 6.07) is 9.24. The van der Waals surface area contributed by atoms with E-state index in [2.05, 4.69) is 20.2 Å². The Morgan fingerprint density at radius 2 is 2.00 bits per heavy atom. The van der Waals surface area contributed by atoms with Gasteiger partial charge in [-0.15, -0.1) is 0 Å². The highest BCUT2D eigenvalue weighted by Crippen LogP contribution is 2.19. The van der Waals surface area contributed by atoms with Gasteiger partial charge in [0.25, 0.3) is 0 Å². The standard InChI is InChI=1S/C20H22N4O4/c1-20(2,19(25)26)13-28-18-11-14(5-8-21-18)7-10-27-15-3-4-16(22-12-15)17-6-9-23-24-17/h3-6,8-9,11-12H,7,10,13H2,1-2H3,(H,23,24)(H,25,26). The highest BCUT2D eigenvalue weighted by atomic mass is 16.5. The lowest BCUT2D eigenvalue weighted by Gasteiger charge is -2.19. The first kappa shape index (κ1) is 19.3. The molecular formula is C20H22N4O4. The Kier molecular flexibility index (Phi) is 5.88. The fourth-order valence-corrected chi connectivity index (χ4v) is 2.31. The van der Waals surface area contributed by atoms with Crippen molar-refractivity contribution in [2.75, 3.05) is 13.2 Å². The third-order valence-corrected chi connectivity index (χ3v) is 4.13. The number of carbonyl (C=O) groups is 1. The lowest BCUT2D eigenvalue weighted by atomic mass is 9.95. The van der Waals surface area contributed by atoms with Gasteiger partial charge in [-0.3, -0.25) is 14.9 Å². The summed E-state index contributed by atoms with van der Waals surface area (Å²) in [6.45, 7) is 3.73. The molecule has 3 aromatic heterocycles. The van der Waals surface area contributed by atoms with E-state index in [0.717, 1.165) is 17.0 Å². The summed E-state index contributed by atoms with van der Waals surface area (Å²) in [7, 11) is 0. The molecule has 0 fully saturated rings. The molecule has 8 nitrogen and oxygen atoms in total. The van der Waals surface area contributed by atoms with E-state index in [1.54, 1.807) is 38.5 Å². The van der Waals surface area contributed by atoms with Crippen LogP contribution < -0.4 is 9.47 Å². The number of aromatic amines is 1.